The van der Waals surface area contributed by atoms with E-state index in [-0.39, 0.29) is 0 Å². The predicted molar refractivity (Wildman–Crippen MR) is 67.9 cm³/mol. The molecule has 2 aromatic rings. The van der Waals surface area contributed by atoms with Gasteiger partial charge in [0.2, 0.25) is 0 Å². The maximum Gasteiger partial charge on any atom is 0.0295 e. The molecule has 0 radical (unpaired) electrons. The lowest BCUT2D eigenvalue weighted by atomic mass is 9.97. The molecule has 0 aliphatic carbocycles. The van der Waals surface area contributed by atoms with Gasteiger partial charge in [0, 0.05) is 16.7 Å². The molecule has 0 saturated heterocycles. The first kappa shape index (κ1) is 10.7. The molecule has 1 heterocycles. The van der Waals surface area contributed by atoms with Crippen LogP contribution in [0.4, 0.5) is 0 Å². The molecule has 0 aliphatic heterocycles. The third kappa shape index (κ3) is 2.83. The minimum absolute atomic E-state index is 0.437. The number of hydrogen-bond acceptors (Lipinski definition) is 1. The molecule has 1 aromatic carbocycles. The van der Waals surface area contributed by atoms with Gasteiger partial charge >= 0.3 is 0 Å². The van der Waals surface area contributed by atoms with Crippen molar-refractivity contribution in [2.75, 3.05) is 5.88 Å². The van der Waals surface area contributed by atoms with Crippen LogP contribution in [0.1, 0.15) is 16.4 Å². The van der Waals surface area contributed by atoms with Crippen LogP contribution in [0.3, 0.4) is 0 Å². The smallest absolute Gasteiger partial charge is 0.0295 e. The molecule has 1 aromatic heterocycles. The third-order valence-corrected chi connectivity index (χ3v) is 3.76. The normalized spacial score (nSPS) is 12.6. The largest absolute Gasteiger partial charge is 0.149 e. The van der Waals surface area contributed by atoms with Gasteiger partial charge in [-0.15, -0.1) is 22.9 Å². The summed E-state index contributed by atoms with van der Waals surface area (Å²) in [6.45, 7) is 0. The van der Waals surface area contributed by atoms with E-state index in [4.69, 9.17) is 11.6 Å². The van der Waals surface area contributed by atoms with Crippen molar-refractivity contribution in [3.63, 3.8) is 0 Å². The van der Waals surface area contributed by atoms with Gasteiger partial charge in [-0.3, -0.25) is 0 Å². The third-order valence-electron chi connectivity index (χ3n) is 2.48. The minimum Gasteiger partial charge on any atom is -0.149 e. The second-order valence-corrected chi connectivity index (χ2v) is 4.89. The van der Waals surface area contributed by atoms with Crippen LogP contribution in [0, 0.1) is 0 Å². The molecule has 2 heteroatoms. The van der Waals surface area contributed by atoms with Gasteiger partial charge in [0.05, 0.1) is 0 Å². The van der Waals surface area contributed by atoms with Crippen LogP contribution in [-0.4, -0.2) is 5.88 Å². The van der Waals surface area contributed by atoms with E-state index in [2.05, 4.69) is 41.8 Å². The van der Waals surface area contributed by atoms with Crippen molar-refractivity contribution < 1.29 is 0 Å². The Morgan fingerprint density at radius 1 is 1.07 bits per heavy atom. The van der Waals surface area contributed by atoms with Gasteiger partial charge in [-0.05, 0) is 23.4 Å². The van der Waals surface area contributed by atoms with Crippen LogP contribution in [0.15, 0.2) is 47.8 Å². The van der Waals surface area contributed by atoms with Gasteiger partial charge < -0.3 is 0 Å². The van der Waals surface area contributed by atoms with E-state index in [1.165, 1.54) is 10.4 Å². The van der Waals surface area contributed by atoms with Crippen molar-refractivity contribution in [2.45, 2.75) is 12.3 Å². The van der Waals surface area contributed by atoms with Crippen molar-refractivity contribution in [1.82, 2.24) is 0 Å². The molecule has 0 spiro atoms. The highest BCUT2D eigenvalue weighted by Gasteiger charge is 2.11. The van der Waals surface area contributed by atoms with E-state index >= 15 is 0 Å². The molecule has 2 rings (SSSR count). The van der Waals surface area contributed by atoms with Crippen LogP contribution in [-0.2, 0) is 6.42 Å². The first-order valence-electron chi connectivity index (χ1n) is 5.03. The first-order chi connectivity index (χ1) is 7.40. The van der Waals surface area contributed by atoms with Crippen molar-refractivity contribution in [3.8, 4) is 0 Å². The zero-order valence-corrected chi connectivity index (χ0v) is 9.97. The van der Waals surface area contributed by atoms with Crippen molar-refractivity contribution in [2.24, 2.45) is 0 Å². The Morgan fingerprint density at radius 3 is 2.47 bits per heavy atom. The maximum atomic E-state index is 6.02. The average molecular weight is 237 g/mol. The highest BCUT2D eigenvalue weighted by molar-refractivity contribution is 7.09. The Hall–Kier alpha value is -0.790. The standard InChI is InChI=1S/C13H13ClS/c14-10-12(9-13-7-4-8-15-13)11-5-2-1-3-6-11/h1-8,12H,9-10H2. The number of benzene rings is 1. The van der Waals surface area contributed by atoms with Gasteiger partial charge in [-0.1, -0.05) is 36.4 Å². The lowest BCUT2D eigenvalue weighted by molar-refractivity contribution is 0.776. The molecular formula is C13H13ClS. The fourth-order valence-electron chi connectivity index (χ4n) is 1.66. The van der Waals surface area contributed by atoms with Crippen molar-refractivity contribution >= 4 is 22.9 Å². The van der Waals surface area contributed by atoms with Crippen LogP contribution in [0.5, 0.6) is 0 Å². The fraction of sp³-hybridized carbons (Fsp3) is 0.231. The Balaban J connectivity index is 2.12. The summed E-state index contributed by atoms with van der Waals surface area (Å²) in [7, 11) is 0. The molecule has 0 amide bonds. The lowest BCUT2D eigenvalue weighted by Crippen LogP contribution is -2.03. The summed E-state index contributed by atoms with van der Waals surface area (Å²) < 4.78 is 0. The SMILES string of the molecule is ClCC(Cc1cccs1)c1ccccc1. The number of rotatable bonds is 4. The molecule has 0 bridgehead atoms. The molecule has 1 atom stereocenters. The van der Waals surface area contributed by atoms with Crippen LogP contribution in [0.2, 0.25) is 0 Å². The predicted octanol–water partition coefficient (Wildman–Crippen LogP) is 4.31. The summed E-state index contributed by atoms with van der Waals surface area (Å²) in [4.78, 5) is 1.41. The monoisotopic (exact) mass is 236 g/mol. The summed E-state index contributed by atoms with van der Waals surface area (Å²) in [6, 6.07) is 14.8. The van der Waals surface area contributed by atoms with Gasteiger partial charge in [-0.25, -0.2) is 0 Å². The first-order valence-corrected chi connectivity index (χ1v) is 6.45. The Labute approximate surface area is 99.5 Å². The Morgan fingerprint density at radius 2 is 1.87 bits per heavy atom. The number of halogens is 1. The zero-order valence-electron chi connectivity index (χ0n) is 8.40. The van der Waals surface area contributed by atoms with Gasteiger partial charge in [0.1, 0.15) is 0 Å². The number of hydrogen-bond donors (Lipinski definition) is 0. The van der Waals surface area contributed by atoms with E-state index in [1.807, 2.05) is 6.07 Å². The van der Waals surface area contributed by atoms with E-state index in [1.54, 1.807) is 11.3 Å². The van der Waals surface area contributed by atoms with Gasteiger partial charge in [0.15, 0.2) is 0 Å². The van der Waals surface area contributed by atoms with Crippen LogP contribution in [0.25, 0.3) is 0 Å². The molecule has 0 aliphatic rings. The van der Waals surface area contributed by atoms with E-state index in [0.29, 0.717) is 11.8 Å². The summed E-state index contributed by atoms with van der Waals surface area (Å²) in [5.74, 6) is 1.12. The minimum atomic E-state index is 0.437. The molecule has 78 valence electrons. The molecule has 15 heavy (non-hydrogen) atoms. The number of thiophene rings is 1. The highest BCUT2D eigenvalue weighted by Crippen LogP contribution is 2.24. The number of alkyl halides is 1. The Bertz CT molecular complexity index is 380. The van der Waals surface area contributed by atoms with E-state index in [9.17, 15) is 0 Å². The summed E-state index contributed by atoms with van der Waals surface area (Å²) in [6.07, 6.45) is 1.05. The second-order valence-electron chi connectivity index (χ2n) is 3.55. The van der Waals surface area contributed by atoms with E-state index < -0.39 is 0 Å². The van der Waals surface area contributed by atoms with Crippen LogP contribution < -0.4 is 0 Å². The van der Waals surface area contributed by atoms with Crippen molar-refractivity contribution in [1.29, 1.82) is 0 Å². The second kappa shape index (κ2) is 5.34. The molecule has 0 saturated carbocycles. The zero-order chi connectivity index (χ0) is 10.5. The summed E-state index contributed by atoms with van der Waals surface area (Å²) in [5, 5.41) is 2.12. The van der Waals surface area contributed by atoms with E-state index in [0.717, 1.165) is 6.42 Å². The van der Waals surface area contributed by atoms with Gasteiger partial charge in [0.25, 0.3) is 0 Å². The van der Waals surface area contributed by atoms with Crippen LogP contribution >= 0.6 is 22.9 Å². The molecule has 0 fully saturated rings. The fourth-order valence-corrected chi connectivity index (χ4v) is 2.73. The molecule has 0 nitrogen and oxygen atoms in total. The lowest BCUT2D eigenvalue weighted by Gasteiger charge is -2.12. The highest BCUT2D eigenvalue weighted by atomic mass is 35.5. The summed E-state index contributed by atoms with van der Waals surface area (Å²) in [5.41, 5.74) is 1.33. The topological polar surface area (TPSA) is 0 Å². The molecule has 1 unspecified atom stereocenters. The Kier molecular flexibility index (Phi) is 3.81. The average Bonchev–Trinajstić information content (AvgIpc) is 2.80. The molecule has 0 N–H and O–H groups in total. The molecular weight excluding hydrogens is 224 g/mol. The van der Waals surface area contributed by atoms with Crippen molar-refractivity contribution in [3.05, 3.63) is 58.3 Å². The maximum absolute atomic E-state index is 6.02. The summed E-state index contributed by atoms with van der Waals surface area (Å²) >= 11 is 7.83. The van der Waals surface area contributed by atoms with Gasteiger partial charge in [-0.2, -0.15) is 0 Å². The quantitative estimate of drug-likeness (QED) is 0.694.